The molecular weight excluding hydrogens is 370 g/mol. The maximum atomic E-state index is 12.9. The molecule has 0 spiro atoms. The second-order valence-electron chi connectivity index (χ2n) is 7.72. The minimum Gasteiger partial charge on any atom is -0.341 e. The van der Waals surface area contributed by atoms with Crippen LogP contribution in [0.3, 0.4) is 0 Å². The molecule has 152 valence electrons. The predicted molar refractivity (Wildman–Crippen MR) is 105 cm³/mol. The fourth-order valence-corrected chi connectivity index (χ4v) is 3.46. The van der Waals surface area contributed by atoms with Crippen molar-refractivity contribution < 1.29 is 9.32 Å². The smallest absolute Gasteiger partial charge is 0.249 e. The van der Waals surface area contributed by atoms with Crippen LogP contribution >= 0.6 is 0 Å². The molecule has 0 N–H and O–H groups in total. The zero-order chi connectivity index (χ0) is 20.4. The second kappa shape index (κ2) is 8.10. The van der Waals surface area contributed by atoms with E-state index >= 15 is 0 Å². The Hall–Kier alpha value is -3.10. The quantitative estimate of drug-likeness (QED) is 0.654. The normalized spacial score (nSPS) is 16.3. The molecule has 1 saturated heterocycles. The number of nitrogens with zero attached hydrogens (tertiary/aromatic N) is 7. The van der Waals surface area contributed by atoms with Crippen molar-refractivity contribution >= 4 is 5.91 Å². The lowest BCUT2D eigenvalue weighted by Crippen LogP contribution is -2.42. The van der Waals surface area contributed by atoms with Crippen LogP contribution in [0.2, 0.25) is 0 Å². The van der Waals surface area contributed by atoms with E-state index in [4.69, 9.17) is 4.52 Å². The van der Waals surface area contributed by atoms with Gasteiger partial charge in [0.25, 0.3) is 0 Å². The molecule has 0 saturated carbocycles. The highest BCUT2D eigenvalue weighted by atomic mass is 16.5. The molecular formula is C20H25N7O2. The minimum atomic E-state index is -0.505. The first-order valence-electron chi connectivity index (χ1n) is 10.00. The standard InChI is InChI=1S/C20H25N7O2/c1-13(2)19-21-17(24-29-19)16-9-11-26(12-10-16)20(28)14(3)27-23-18(22-25-27)15-7-5-4-6-8-15/h4-8,13-14,16H,9-12H2,1-3H3. The Labute approximate surface area is 169 Å². The molecule has 4 rings (SSSR count). The van der Waals surface area contributed by atoms with E-state index in [1.165, 1.54) is 4.80 Å². The van der Waals surface area contributed by atoms with Gasteiger partial charge in [-0.25, -0.2) is 0 Å². The Kier molecular flexibility index (Phi) is 5.37. The van der Waals surface area contributed by atoms with Crippen molar-refractivity contribution in [3.63, 3.8) is 0 Å². The lowest BCUT2D eigenvalue weighted by Gasteiger charge is -2.32. The molecule has 3 heterocycles. The Morgan fingerprint density at radius 3 is 2.52 bits per heavy atom. The van der Waals surface area contributed by atoms with Crippen LogP contribution < -0.4 is 0 Å². The third-order valence-corrected chi connectivity index (χ3v) is 5.29. The van der Waals surface area contributed by atoms with E-state index in [9.17, 15) is 4.79 Å². The van der Waals surface area contributed by atoms with Gasteiger partial charge in [-0.15, -0.1) is 10.2 Å². The minimum absolute atomic E-state index is 0.00329. The Morgan fingerprint density at radius 2 is 1.86 bits per heavy atom. The topological polar surface area (TPSA) is 103 Å². The van der Waals surface area contributed by atoms with E-state index < -0.39 is 6.04 Å². The van der Waals surface area contributed by atoms with Crippen molar-refractivity contribution in [3.05, 3.63) is 42.0 Å². The number of piperidine rings is 1. The first kappa shape index (κ1) is 19.2. The van der Waals surface area contributed by atoms with Crippen LogP contribution in [0.5, 0.6) is 0 Å². The Balaban J connectivity index is 1.37. The molecule has 1 aromatic carbocycles. The molecule has 0 radical (unpaired) electrons. The lowest BCUT2D eigenvalue weighted by molar-refractivity contribution is -0.136. The Bertz CT molecular complexity index is 958. The van der Waals surface area contributed by atoms with Gasteiger partial charge in [-0.2, -0.15) is 9.78 Å². The monoisotopic (exact) mass is 395 g/mol. The van der Waals surface area contributed by atoms with Crippen molar-refractivity contribution in [3.8, 4) is 11.4 Å². The van der Waals surface area contributed by atoms with Gasteiger partial charge in [0.2, 0.25) is 17.6 Å². The molecule has 1 aliphatic rings. The summed E-state index contributed by atoms with van der Waals surface area (Å²) in [6.45, 7) is 7.17. The van der Waals surface area contributed by atoms with E-state index in [-0.39, 0.29) is 17.7 Å². The number of aromatic nitrogens is 6. The zero-order valence-corrected chi connectivity index (χ0v) is 16.9. The second-order valence-corrected chi connectivity index (χ2v) is 7.72. The van der Waals surface area contributed by atoms with Crippen LogP contribution in [0.15, 0.2) is 34.9 Å². The largest absolute Gasteiger partial charge is 0.341 e. The molecule has 9 heteroatoms. The third-order valence-electron chi connectivity index (χ3n) is 5.29. The molecule has 1 atom stereocenters. The molecule has 2 aromatic heterocycles. The highest BCUT2D eigenvalue weighted by Crippen LogP contribution is 2.28. The van der Waals surface area contributed by atoms with Gasteiger partial charge >= 0.3 is 0 Å². The summed E-state index contributed by atoms with van der Waals surface area (Å²) < 4.78 is 5.32. The number of hydrogen-bond donors (Lipinski definition) is 0. The predicted octanol–water partition coefficient (Wildman–Crippen LogP) is 2.81. The summed E-state index contributed by atoms with van der Waals surface area (Å²) in [5.41, 5.74) is 0.875. The van der Waals surface area contributed by atoms with Crippen LogP contribution in [-0.4, -0.2) is 54.2 Å². The maximum Gasteiger partial charge on any atom is 0.249 e. The van der Waals surface area contributed by atoms with Crippen LogP contribution in [0, 0.1) is 0 Å². The highest BCUT2D eigenvalue weighted by Gasteiger charge is 2.30. The number of carbonyl (C=O) groups excluding carboxylic acids is 1. The average molecular weight is 395 g/mol. The van der Waals surface area contributed by atoms with Crippen LogP contribution in [0.25, 0.3) is 11.4 Å². The molecule has 0 aliphatic carbocycles. The summed E-state index contributed by atoms with van der Waals surface area (Å²) >= 11 is 0. The Morgan fingerprint density at radius 1 is 1.14 bits per heavy atom. The number of benzene rings is 1. The molecule has 1 aliphatic heterocycles. The van der Waals surface area contributed by atoms with Crippen molar-refractivity contribution in [2.24, 2.45) is 0 Å². The number of amides is 1. The van der Waals surface area contributed by atoms with Crippen molar-refractivity contribution in [1.29, 1.82) is 0 Å². The molecule has 3 aromatic rings. The number of rotatable bonds is 5. The number of likely N-dealkylation sites (tertiary alicyclic amines) is 1. The summed E-state index contributed by atoms with van der Waals surface area (Å²) in [4.78, 5) is 20.7. The highest BCUT2D eigenvalue weighted by molar-refractivity contribution is 5.80. The van der Waals surface area contributed by atoms with Crippen LogP contribution in [0.4, 0.5) is 0 Å². The fourth-order valence-electron chi connectivity index (χ4n) is 3.46. The molecule has 1 amide bonds. The molecule has 0 bridgehead atoms. The van der Waals surface area contributed by atoms with Crippen molar-refractivity contribution in [1.82, 2.24) is 35.2 Å². The number of carbonyl (C=O) groups is 1. The molecule has 29 heavy (non-hydrogen) atoms. The van der Waals surface area contributed by atoms with Crippen molar-refractivity contribution in [2.75, 3.05) is 13.1 Å². The summed E-state index contributed by atoms with van der Waals surface area (Å²) in [7, 11) is 0. The van der Waals surface area contributed by atoms with E-state index in [1.807, 2.05) is 49.1 Å². The summed E-state index contributed by atoms with van der Waals surface area (Å²) in [6, 6.07) is 9.10. The zero-order valence-electron chi connectivity index (χ0n) is 16.9. The van der Waals surface area contributed by atoms with E-state index in [0.717, 1.165) is 24.2 Å². The van der Waals surface area contributed by atoms with E-state index in [2.05, 4.69) is 25.6 Å². The maximum absolute atomic E-state index is 12.9. The van der Waals surface area contributed by atoms with Gasteiger partial charge in [0.15, 0.2) is 5.82 Å². The lowest BCUT2D eigenvalue weighted by atomic mass is 9.95. The van der Waals surface area contributed by atoms with Crippen LogP contribution in [-0.2, 0) is 4.79 Å². The van der Waals surface area contributed by atoms with Gasteiger partial charge in [-0.05, 0) is 25.0 Å². The van der Waals surface area contributed by atoms with E-state index in [1.54, 1.807) is 6.92 Å². The average Bonchev–Trinajstić information content (AvgIpc) is 3.44. The SMILES string of the molecule is CC(C)c1nc(C2CCN(C(=O)C(C)n3nnc(-c4ccccc4)n3)CC2)no1. The van der Waals surface area contributed by atoms with E-state index in [0.29, 0.717) is 24.8 Å². The summed E-state index contributed by atoms with van der Waals surface area (Å²) in [5, 5.41) is 16.7. The van der Waals surface area contributed by atoms with Gasteiger partial charge in [-0.1, -0.05) is 49.3 Å². The first-order valence-corrected chi connectivity index (χ1v) is 10.00. The number of tetrazole rings is 1. The first-order chi connectivity index (χ1) is 14.0. The summed E-state index contributed by atoms with van der Waals surface area (Å²) in [5.74, 6) is 2.37. The van der Waals surface area contributed by atoms with Gasteiger partial charge in [0.05, 0.1) is 0 Å². The van der Waals surface area contributed by atoms with Gasteiger partial charge in [-0.3, -0.25) is 4.79 Å². The fraction of sp³-hybridized carbons (Fsp3) is 0.500. The van der Waals surface area contributed by atoms with Gasteiger partial charge in [0, 0.05) is 30.5 Å². The van der Waals surface area contributed by atoms with Gasteiger partial charge < -0.3 is 9.42 Å². The van der Waals surface area contributed by atoms with Crippen LogP contribution in [0.1, 0.15) is 63.2 Å². The van der Waals surface area contributed by atoms with Gasteiger partial charge in [0.1, 0.15) is 6.04 Å². The molecule has 1 fully saturated rings. The summed E-state index contributed by atoms with van der Waals surface area (Å²) in [6.07, 6.45) is 1.63. The molecule has 9 nitrogen and oxygen atoms in total. The third kappa shape index (κ3) is 4.03. The molecule has 1 unspecified atom stereocenters. The van der Waals surface area contributed by atoms with Crippen molar-refractivity contribution in [2.45, 2.75) is 51.5 Å². The number of hydrogen-bond acceptors (Lipinski definition) is 7.